The van der Waals surface area contributed by atoms with E-state index in [1.54, 1.807) is 7.05 Å². The van der Waals surface area contributed by atoms with Gasteiger partial charge in [-0.25, -0.2) is 4.39 Å². The minimum absolute atomic E-state index is 0.00334. The van der Waals surface area contributed by atoms with Crippen molar-refractivity contribution in [2.75, 3.05) is 13.6 Å². The van der Waals surface area contributed by atoms with E-state index in [1.165, 1.54) is 12.1 Å². The van der Waals surface area contributed by atoms with Crippen molar-refractivity contribution in [3.8, 4) is 5.75 Å². The van der Waals surface area contributed by atoms with Crippen molar-refractivity contribution in [2.45, 2.75) is 18.6 Å². The van der Waals surface area contributed by atoms with Crippen LogP contribution in [-0.4, -0.2) is 35.0 Å². The van der Waals surface area contributed by atoms with Crippen LogP contribution in [0.1, 0.15) is 18.1 Å². The fraction of sp³-hybridized carbons (Fsp3) is 0.455. The molecule has 0 heterocycles. The molecular formula is C11H16FNO3. The van der Waals surface area contributed by atoms with E-state index in [-0.39, 0.29) is 5.56 Å². The van der Waals surface area contributed by atoms with Gasteiger partial charge >= 0.3 is 0 Å². The molecule has 0 bridgehead atoms. The van der Waals surface area contributed by atoms with Crippen LogP contribution in [0.15, 0.2) is 18.2 Å². The summed E-state index contributed by atoms with van der Waals surface area (Å²) in [5.74, 6) is -1.42. The molecule has 1 aromatic carbocycles. The van der Waals surface area contributed by atoms with Crippen LogP contribution in [0.3, 0.4) is 0 Å². The van der Waals surface area contributed by atoms with Crippen LogP contribution in [0.5, 0.6) is 5.75 Å². The summed E-state index contributed by atoms with van der Waals surface area (Å²) in [6.45, 7) is 0.522. The lowest BCUT2D eigenvalue weighted by molar-refractivity contribution is 0.0125. The van der Waals surface area contributed by atoms with E-state index in [1.807, 2.05) is 0 Å². The molecule has 2 atom stereocenters. The summed E-state index contributed by atoms with van der Waals surface area (Å²) in [4.78, 5) is 0. The van der Waals surface area contributed by atoms with Crippen LogP contribution in [0.2, 0.25) is 0 Å². The number of rotatable bonds is 5. The maximum atomic E-state index is 13.0. The van der Waals surface area contributed by atoms with Gasteiger partial charge in [-0.3, -0.25) is 0 Å². The van der Waals surface area contributed by atoms with Gasteiger partial charge in [0.15, 0.2) is 11.6 Å². The molecule has 0 saturated heterocycles. The number of phenolic OH excluding ortho intramolecular Hbond substituents is 1. The van der Waals surface area contributed by atoms with Crippen LogP contribution in [0, 0.1) is 5.82 Å². The van der Waals surface area contributed by atoms with Crippen LogP contribution in [0.25, 0.3) is 0 Å². The maximum Gasteiger partial charge on any atom is 0.165 e. The largest absolute Gasteiger partial charge is 0.505 e. The van der Waals surface area contributed by atoms with Crippen molar-refractivity contribution in [2.24, 2.45) is 0 Å². The molecule has 0 aliphatic heterocycles. The third-order valence-electron chi connectivity index (χ3n) is 2.39. The highest BCUT2D eigenvalue weighted by Crippen LogP contribution is 2.29. The van der Waals surface area contributed by atoms with Crippen LogP contribution in [0.4, 0.5) is 4.39 Å². The molecule has 0 aromatic heterocycles. The van der Waals surface area contributed by atoms with E-state index in [0.717, 1.165) is 6.07 Å². The lowest BCUT2D eigenvalue weighted by Gasteiger charge is -2.19. The highest BCUT2D eigenvalue weighted by Gasteiger charge is 2.22. The fourth-order valence-electron chi connectivity index (χ4n) is 1.43. The predicted molar refractivity (Wildman–Crippen MR) is 57.6 cm³/mol. The molecule has 16 heavy (non-hydrogen) atoms. The zero-order chi connectivity index (χ0) is 12.1. The summed E-state index contributed by atoms with van der Waals surface area (Å²) in [6.07, 6.45) is -2.02. The average Bonchev–Trinajstić information content (AvgIpc) is 2.28. The zero-order valence-electron chi connectivity index (χ0n) is 9.02. The Labute approximate surface area is 93.4 Å². The molecule has 90 valence electrons. The SMILES string of the molecule is CNCCC(O)C(O)c1cccc(F)c1O. The quantitative estimate of drug-likeness (QED) is 0.594. The summed E-state index contributed by atoms with van der Waals surface area (Å²) in [6, 6.07) is 3.84. The van der Waals surface area contributed by atoms with Crippen molar-refractivity contribution in [3.63, 3.8) is 0 Å². The first-order chi connectivity index (χ1) is 7.57. The first kappa shape index (κ1) is 12.9. The van der Waals surface area contributed by atoms with Gasteiger partial charge in [0, 0.05) is 5.56 Å². The molecular weight excluding hydrogens is 213 g/mol. The van der Waals surface area contributed by atoms with E-state index in [0.29, 0.717) is 13.0 Å². The summed E-state index contributed by atoms with van der Waals surface area (Å²) < 4.78 is 13.0. The van der Waals surface area contributed by atoms with E-state index in [9.17, 15) is 19.7 Å². The summed E-state index contributed by atoms with van der Waals surface area (Å²) in [5, 5.41) is 31.5. The number of hydrogen-bond donors (Lipinski definition) is 4. The van der Waals surface area contributed by atoms with E-state index < -0.39 is 23.8 Å². The van der Waals surface area contributed by atoms with E-state index in [2.05, 4.69) is 5.32 Å². The first-order valence-corrected chi connectivity index (χ1v) is 5.06. The number of nitrogens with one attached hydrogen (secondary N) is 1. The number of aliphatic hydroxyl groups excluding tert-OH is 2. The van der Waals surface area contributed by atoms with Crippen molar-refractivity contribution in [3.05, 3.63) is 29.6 Å². The summed E-state index contributed by atoms with van der Waals surface area (Å²) in [5.41, 5.74) is 0.00334. The standard InChI is InChI=1S/C11H16FNO3/c1-13-6-5-9(14)11(16)7-3-2-4-8(12)10(7)15/h2-4,9,11,13-16H,5-6H2,1H3. The minimum atomic E-state index is -1.29. The van der Waals surface area contributed by atoms with Gasteiger partial charge in [-0.2, -0.15) is 0 Å². The highest BCUT2D eigenvalue weighted by molar-refractivity contribution is 5.35. The van der Waals surface area contributed by atoms with Crippen molar-refractivity contribution >= 4 is 0 Å². The molecule has 0 spiro atoms. The molecule has 0 amide bonds. The van der Waals surface area contributed by atoms with Crippen molar-refractivity contribution < 1.29 is 19.7 Å². The molecule has 4 N–H and O–H groups in total. The van der Waals surface area contributed by atoms with Crippen molar-refractivity contribution in [1.82, 2.24) is 5.32 Å². The molecule has 5 heteroatoms. The zero-order valence-corrected chi connectivity index (χ0v) is 9.02. The normalized spacial score (nSPS) is 14.8. The number of aliphatic hydroxyl groups is 2. The minimum Gasteiger partial charge on any atom is -0.505 e. The topological polar surface area (TPSA) is 72.7 Å². The monoisotopic (exact) mass is 229 g/mol. The molecule has 0 fully saturated rings. The Morgan fingerprint density at radius 1 is 1.38 bits per heavy atom. The van der Waals surface area contributed by atoms with Crippen LogP contribution in [-0.2, 0) is 0 Å². The number of halogens is 1. The molecule has 0 radical (unpaired) electrons. The van der Waals surface area contributed by atoms with Gasteiger partial charge in [-0.15, -0.1) is 0 Å². The van der Waals surface area contributed by atoms with Gasteiger partial charge in [0.05, 0.1) is 6.10 Å². The molecule has 1 rings (SSSR count). The number of hydrogen-bond acceptors (Lipinski definition) is 4. The van der Waals surface area contributed by atoms with E-state index >= 15 is 0 Å². The Bertz CT molecular complexity index is 346. The smallest absolute Gasteiger partial charge is 0.165 e. The van der Waals surface area contributed by atoms with Gasteiger partial charge in [0.1, 0.15) is 6.10 Å². The lowest BCUT2D eigenvalue weighted by Crippen LogP contribution is -2.23. The van der Waals surface area contributed by atoms with Crippen LogP contribution < -0.4 is 5.32 Å². The Morgan fingerprint density at radius 2 is 2.06 bits per heavy atom. The third-order valence-corrected chi connectivity index (χ3v) is 2.39. The Balaban J connectivity index is 2.79. The molecule has 2 unspecified atom stereocenters. The predicted octanol–water partition coefficient (Wildman–Crippen LogP) is 0.535. The second-order valence-electron chi connectivity index (χ2n) is 3.58. The molecule has 0 aliphatic rings. The second-order valence-corrected chi connectivity index (χ2v) is 3.58. The van der Waals surface area contributed by atoms with Crippen molar-refractivity contribution in [1.29, 1.82) is 0 Å². The van der Waals surface area contributed by atoms with Gasteiger partial charge in [0.25, 0.3) is 0 Å². The summed E-state index contributed by atoms with van der Waals surface area (Å²) in [7, 11) is 1.72. The first-order valence-electron chi connectivity index (χ1n) is 5.06. The average molecular weight is 229 g/mol. The molecule has 0 aliphatic carbocycles. The third kappa shape index (κ3) is 2.91. The second kappa shape index (κ2) is 5.79. The van der Waals surface area contributed by atoms with Gasteiger partial charge in [-0.05, 0) is 26.1 Å². The number of phenols is 1. The van der Waals surface area contributed by atoms with E-state index in [4.69, 9.17) is 0 Å². The van der Waals surface area contributed by atoms with Crippen LogP contribution >= 0.6 is 0 Å². The molecule has 0 saturated carbocycles. The Hall–Kier alpha value is -1.17. The number of aromatic hydroxyl groups is 1. The Morgan fingerprint density at radius 3 is 2.69 bits per heavy atom. The van der Waals surface area contributed by atoms with Gasteiger partial charge in [0.2, 0.25) is 0 Å². The van der Waals surface area contributed by atoms with Gasteiger partial charge in [-0.1, -0.05) is 12.1 Å². The number of benzene rings is 1. The fourth-order valence-corrected chi connectivity index (χ4v) is 1.43. The molecule has 4 nitrogen and oxygen atoms in total. The lowest BCUT2D eigenvalue weighted by atomic mass is 10.0. The van der Waals surface area contributed by atoms with Gasteiger partial charge < -0.3 is 20.6 Å². The highest BCUT2D eigenvalue weighted by atomic mass is 19.1. The Kier molecular flexibility index (Phi) is 4.67. The molecule has 1 aromatic rings. The number of para-hydroxylation sites is 1. The maximum absolute atomic E-state index is 13.0. The summed E-state index contributed by atoms with van der Waals surface area (Å²) >= 11 is 0.